The number of aromatic nitrogens is 2. The fourth-order valence-electron chi connectivity index (χ4n) is 5.00. The third-order valence-electron chi connectivity index (χ3n) is 6.81. The van der Waals surface area contributed by atoms with E-state index in [2.05, 4.69) is 26.6 Å². The number of carbonyl (C=O) groups is 1. The van der Waals surface area contributed by atoms with Crippen LogP contribution in [0.25, 0.3) is 0 Å². The molecular formula is C25H35N5O4S. The molecule has 0 unspecified atom stereocenters. The topological polar surface area (TPSA) is 125 Å². The van der Waals surface area contributed by atoms with Crippen LogP contribution in [0.3, 0.4) is 0 Å². The molecule has 9 nitrogen and oxygen atoms in total. The molecule has 1 aliphatic carbocycles. The van der Waals surface area contributed by atoms with Crippen molar-refractivity contribution in [3.05, 3.63) is 41.6 Å². The summed E-state index contributed by atoms with van der Waals surface area (Å²) in [6, 6.07) is 8.10. The summed E-state index contributed by atoms with van der Waals surface area (Å²) in [7, 11) is -3.08. The van der Waals surface area contributed by atoms with Crippen LogP contribution in [0.15, 0.2) is 30.5 Å². The molecule has 0 spiro atoms. The van der Waals surface area contributed by atoms with Crippen molar-refractivity contribution in [3.63, 3.8) is 0 Å². The normalized spacial score (nSPS) is 20.4. The highest BCUT2D eigenvalue weighted by molar-refractivity contribution is 7.90. The molecular weight excluding hydrogens is 466 g/mol. The predicted octanol–water partition coefficient (Wildman–Crippen LogP) is 2.53. The smallest absolute Gasteiger partial charge is 0.224 e. The maximum Gasteiger partial charge on any atom is 0.224 e. The Balaban J connectivity index is 1.35. The number of sulfone groups is 1. The largest absolute Gasteiger partial charge is 0.386 e. The number of amides is 1. The molecule has 0 radical (unpaired) electrons. The second kappa shape index (κ2) is 10.1. The van der Waals surface area contributed by atoms with Crippen molar-refractivity contribution in [2.45, 2.75) is 57.6 Å². The zero-order chi connectivity index (χ0) is 25.2. The Morgan fingerprint density at radius 1 is 1.20 bits per heavy atom. The van der Waals surface area contributed by atoms with Gasteiger partial charge in [-0.15, -0.1) is 0 Å². The van der Waals surface area contributed by atoms with Gasteiger partial charge < -0.3 is 20.6 Å². The van der Waals surface area contributed by atoms with Crippen LogP contribution in [0.4, 0.5) is 17.5 Å². The number of carbonyl (C=O) groups excluding carboxylic acids is 1. The Bertz CT molecular complexity index is 1170. The summed E-state index contributed by atoms with van der Waals surface area (Å²) >= 11 is 0. The standard InChI is InChI=1S/C25H35N5O4S/c1-25(2,32)20-5-4-6-21-19(20)12-15-30(21)22-11-13-27-24(29-22)28-18-9-7-17(8-10-18)23(31)26-14-16-35(3,33)34/h4-6,11,13,17-18,32H,7-10,12,14-16H2,1-3H3,(H,26,31)(H,27,28,29). The first-order chi connectivity index (χ1) is 16.5. The van der Waals surface area contributed by atoms with E-state index in [1.165, 1.54) is 6.26 Å². The van der Waals surface area contributed by atoms with Gasteiger partial charge in [-0.1, -0.05) is 12.1 Å². The molecule has 10 heteroatoms. The average molecular weight is 502 g/mol. The van der Waals surface area contributed by atoms with Crippen molar-refractivity contribution in [1.29, 1.82) is 0 Å². The van der Waals surface area contributed by atoms with E-state index >= 15 is 0 Å². The van der Waals surface area contributed by atoms with Gasteiger partial charge in [-0.25, -0.2) is 13.4 Å². The van der Waals surface area contributed by atoms with Crippen LogP contribution in [0.2, 0.25) is 0 Å². The van der Waals surface area contributed by atoms with Gasteiger partial charge in [0.05, 0.1) is 11.4 Å². The molecule has 1 aliphatic heterocycles. The predicted molar refractivity (Wildman–Crippen MR) is 137 cm³/mol. The highest BCUT2D eigenvalue weighted by Crippen LogP contribution is 2.39. The highest BCUT2D eigenvalue weighted by atomic mass is 32.2. The molecule has 0 atom stereocenters. The van der Waals surface area contributed by atoms with Gasteiger partial charge in [0, 0.05) is 43.2 Å². The Morgan fingerprint density at radius 3 is 2.63 bits per heavy atom. The van der Waals surface area contributed by atoms with Crippen molar-refractivity contribution in [2.75, 3.05) is 35.3 Å². The molecule has 2 aliphatic rings. The van der Waals surface area contributed by atoms with Crippen LogP contribution in [0.5, 0.6) is 0 Å². The van der Waals surface area contributed by atoms with Crippen LogP contribution >= 0.6 is 0 Å². The number of aliphatic hydroxyl groups is 1. The van der Waals surface area contributed by atoms with Gasteiger partial charge in [0.2, 0.25) is 11.9 Å². The molecule has 35 heavy (non-hydrogen) atoms. The van der Waals surface area contributed by atoms with E-state index < -0.39 is 15.4 Å². The summed E-state index contributed by atoms with van der Waals surface area (Å²) in [6.45, 7) is 4.57. The molecule has 0 saturated heterocycles. The van der Waals surface area contributed by atoms with Gasteiger partial charge in [0.15, 0.2) is 0 Å². The lowest BCUT2D eigenvalue weighted by Gasteiger charge is -2.28. The van der Waals surface area contributed by atoms with Crippen LogP contribution in [0, 0.1) is 5.92 Å². The third-order valence-corrected chi connectivity index (χ3v) is 7.75. The third kappa shape index (κ3) is 6.29. The molecule has 1 saturated carbocycles. The Kier molecular flexibility index (Phi) is 7.32. The summed E-state index contributed by atoms with van der Waals surface area (Å²) in [5, 5.41) is 16.7. The molecule has 1 aromatic carbocycles. The molecule has 190 valence electrons. The quantitative estimate of drug-likeness (QED) is 0.504. The number of hydrogen-bond acceptors (Lipinski definition) is 8. The van der Waals surface area contributed by atoms with E-state index in [9.17, 15) is 18.3 Å². The fourth-order valence-corrected chi connectivity index (χ4v) is 5.47. The first kappa shape index (κ1) is 25.4. The summed E-state index contributed by atoms with van der Waals surface area (Å²) < 4.78 is 22.5. The van der Waals surface area contributed by atoms with E-state index in [0.29, 0.717) is 5.95 Å². The van der Waals surface area contributed by atoms with Gasteiger partial charge in [-0.05, 0) is 69.2 Å². The lowest BCUT2D eigenvalue weighted by atomic mass is 9.85. The van der Waals surface area contributed by atoms with Crippen LogP contribution in [-0.2, 0) is 26.7 Å². The molecule has 1 aromatic heterocycles. The second-order valence-corrected chi connectivity index (χ2v) is 12.4. The average Bonchev–Trinajstić information content (AvgIpc) is 3.22. The second-order valence-electron chi connectivity index (χ2n) is 10.1. The Hall–Kier alpha value is -2.72. The van der Waals surface area contributed by atoms with E-state index in [0.717, 1.165) is 61.3 Å². The van der Waals surface area contributed by atoms with E-state index in [4.69, 9.17) is 4.98 Å². The SMILES string of the molecule is CC(C)(O)c1cccc2c1CCN2c1ccnc(NC2CCC(C(=O)NCCS(C)(=O)=O)CC2)n1. The zero-order valence-corrected chi connectivity index (χ0v) is 21.4. The Labute approximate surface area is 207 Å². The molecule has 2 heterocycles. The van der Waals surface area contributed by atoms with Gasteiger partial charge in [-0.2, -0.15) is 4.98 Å². The van der Waals surface area contributed by atoms with Crippen molar-refractivity contribution < 1.29 is 18.3 Å². The summed E-state index contributed by atoms with van der Waals surface area (Å²) in [6.07, 6.45) is 6.88. The molecule has 0 bridgehead atoms. The number of fused-ring (bicyclic) bond motifs is 1. The number of nitrogens with zero attached hydrogens (tertiary/aromatic N) is 3. The van der Waals surface area contributed by atoms with Gasteiger partial charge in [0.25, 0.3) is 0 Å². The minimum Gasteiger partial charge on any atom is -0.386 e. The minimum absolute atomic E-state index is 0.0378. The van der Waals surface area contributed by atoms with E-state index in [1.807, 2.05) is 32.0 Å². The minimum atomic E-state index is -3.08. The number of rotatable bonds is 8. The first-order valence-electron chi connectivity index (χ1n) is 12.2. The van der Waals surface area contributed by atoms with E-state index in [1.54, 1.807) is 6.20 Å². The van der Waals surface area contributed by atoms with Crippen LogP contribution in [-0.4, -0.2) is 60.5 Å². The monoisotopic (exact) mass is 501 g/mol. The van der Waals surface area contributed by atoms with Crippen molar-refractivity contribution in [3.8, 4) is 0 Å². The first-order valence-corrected chi connectivity index (χ1v) is 14.2. The number of benzene rings is 1. The van der Waals surface area contributed by atoms with Gasteiger partial charge in [0.1, 0.15) is 15.7 Å². The summed E-state index contributed by atoms with van der Waals surface area (Å²) in [5.74, 6) is 1.18. The van der Waals surface area contributed by atoms with Crippen molar-refractivity contribution >= 4 is 33.2 Å². The van der Waals surface area contributed by atoms with Gasteiger partial charge >= 0.3 is 0 Å². The summed E-state index contributed by atoms with van der Waals surface area (Å²) in [4.78, 5) is 23.7. The van der Waals surface area contributed by atoms with Gasteiger partial charge in [-0.3, -0.25) is 4.79 Å². The number of anilines is 3. The lowest BCUT2D eigenvalue weighted by molar-refractivity contribution is -0.125. The summed E-state index contributed by atoms with van der Waals surface area (Å²) in [5.41, 5.74) is 2.27. The fraction of sp³-hybridized carbons (Fsp3) is 0.560. The molecule has 4 rings (SSSR count). The molecule has 3 N–H and O–H groups in total. The van der Waals surface area contributed by atoms with Crippen LogP contribution < -0.4 is 15.5 Å². The van der Waals surface area contributed by atoms with Crippen molar-refractivity contribution in [1.82, 2.24) is 15.3 Å². The van der Waals surface area contributed by atoms with E-state index in [-0.39, 0.29) is 30.2 Å². The zero-order valence-electron chi connectivity index (χ0n) is 20.6. The highest BCUT2D eigenvalue weighted by Gasteiger charge is 2.30. The Morgan fingerprint density at radius 2 is 1.94 bits per heavy atom. The maximum atomic E-state index is 12.4. The number of nitrogens with one attached hydrogen (secondary N) is 2. The van der Waals surface area contributed by atoms with Crippen LogP contribution in [0.1, 0.15) is 50.7 Å². The van der Waals surface area contributed by atoms with Crippen molar-refractivity contribution in [2.24, 2.45) is 5.92 Å². The number of hydrogen-bond donors (Lipinski definition) is 3. The molecule has 1 fully saturated rings. The molecule has 2 aromatic rings. The molecule has 1 amide bonds. The lowest BCUT2D eigenvalue weighted by Crippen LogP contribution is -2.37. The maximum absolute atomic E-state index is 12.4.